The van der Waals surface area contributed by atoms with Crippen molar-refractivity contribution in [1.29, 1.82) is 5.26 Å². The first-order valence-corrected chi connectivity index (χ1v) is 12.1. The summed E-state index contributed by atoms with van der Waals surface area (Å²) in [6.07, 6.45) is 3.15. The van der Waals surface area contributed by atoms with E-state index in [-0.39, 0.29) is 28.8 Å². The predicted octanol–water partition coefficient (Wildman–Crippen LogP) is 4.95. The first kappa shape index (κ1) is 24.2. The predicted molar refractivity (Wildman–Crippen MR) is 126 cm³/mol. The summed E-state index contributed by atoms with van der Waals surface area (Å²) in [5, 5.41) is 13.5. The maximum Gasteiger partial charge on any atom is 0.433 e. The van der Waals surface area contributed by atoms with E-state index in [0.29, 0.717) is 37.3 Å². The number of ether oxygens (including phenoxy) is 1. The van der Waals surface area contributed by atoms with Crippen LogP contribution in [0.25, 0.3) is 16.9 Å². The topological polar surface area (TPSA) is 98.1 Å². The lowest BCUT2D eigenvalue weighted by Gasteiger charge is -2.29. The van der Waals surface area contributed by atoms with Gasteiger partial charge in [-0.15, -0.1) is 0 Å². The zero-order chi connectivity index (χ0) is 26.6. The minimum atomic E-state index is -4.88. The van der Waals surface area contributed by atoms with Gasteiger partial charge in [-0.3, -0.25) is 13.9 Å². The van der Waals surface area contributed by atoms with Gasteiger partial charge in [-0.2, -0.15) is 23.5 Å². The molecule has 4 heterocycles. The lowest BCUT2D eigenvalue weighted by Crippen LogP contribution is -2.24. The van der Waals surface area contributed by atoms with Gasteiger partial charge in [-0.05, 0) is 43.9 Å². The van der Waals surface area contributed by atoms with Crippen LogP contribution in [0.4, 0.5) is 17.6 Å². The van der Waals surface area contributed by atoms with Crippen molar-refractivity contribution in [1.82, 2.24) is 24.1 Å². The van der Waals surface area contributed by atoms with Crippen LogP contribution in [0.15, 0.2) is 47.7 Å². The molecule has 1 aromatic carbocycles. The molecule has 4 aromatic rings. The van der Waals surface area contributed by atoms with Crippen LogP contribution in [-0.4, -0.2) is 30.8 Å². The van der Waals surface area contributed by atoms with Crippen LogP contribution in [-0.2, 0) is 10.9 Å². The van der Waals surface area contributed by atoms with Crippen LogP contribution < -0.4 is 5.56 Å². The molecule has 0 radical (unpaired) electrons. The summed E-state index contributed by atoms with van der Waals surface area (Å²) in [5.74, 6) is -1.09. The average Bonchev–Trinajstić information content (AvgIpc) is 3.64. The van der Waals surface area contributed by atoms with Crippen molar-refractivity contribution in [3.8, 4) is 17.3 Å². The lowest BCUT2D eigenvalue weighted by molar-refractivity contribution is -0.141. The van der Waals surface area contributed by atoms with Crippen molar-refractivity contribution >= 4 is 5.65 Å². The molecule has 3 aromatic heterocycles. The molecule has 2 fully saturated rings. The molecule has 1 saturated heterocycles. The number of benzene rings is 1. The van der Waals surface area contributed by atoms with Crippen molar-refractivity contribution < 1.29 is 22.3 Å². The molecule has 1 saturated carbocycles. The van der Waals surface area contributed by atoms with E-state index in [4.69, 9.17) is 10.00 Å². The van der Waals surface area contributed by atoms with Crippen molar-refractivity contribution in [2.24, 2.45) is 0 Å². The number of nitriles is 1. The molecule has 2 unspecified atom stereocenters. The third-order valence-corrected chi connectivity index (χ3v) is 6.93. The Bertz CT molecular complexity index is 1650. The number of fused-ring (bicyclic) bond motifs is 1. The van der Waals surface area contributed by atoms with E-state index in [1.54, 1.807) is 6.20 Å². The minimum absolute atomic E-state index is 0.0341. The van der Waals surface area contributed by atoms with Gasteiger partial charge in [0.25, 0.3) is 5.56 Å². The largest absolute Gasteiger partial charge is 0.433 e. The van der Waals surface area contributed by atoms with Crippen LogP contribution in [0.3, 0.4) is 0 Å². The van der Waals surface area contributed by atoms with E-state index in [1.807, 2.05) is 16.9 Å². The van der Waals surface area contributed by atoms with E-state index < -0.39 is 28.9 Å². The summed E-state index contributed by atoms with van der Waals surface area (Å²) in [6.45, 7) is 0.393. The van der Waals surface area contributed by atoms with Gasteiger partial charge >= 0.3 is 6.18 Å². The van der Waals surface area contributed by atoms with Crippen molar-refractivity contribution in [2.45, 2.75) is 49.9 Å². The fourth-order valence-electron chi connectivity index (χ4n) is 4.78. The number of aromatic nitrogens is 5. The molecular formula is C26H20F4N6O2. The highest BCUT2D eigenvalue weighted by Crippen LogP contribution is 2.40. The zero-order valence-corrected chi connectivity index (χ0v) is 19.8. The van der Waals surface area contributed by atoms with Crippen LogP contribution in [0.5, 0.6) is 0 Å². The van der Waals surface area contributed by atoms with E-state index in [2.05, 4.69) is 15.1 Å². The summed E-state index contributed by atoms with van der Waals surface area (Å²) in [5.41, 5.74) is -1.81. The molecule has 8 nitrogen and oxygen atoms in total. The number of halogens is 4. The van der Waals surface area contributed by atoms with Crippen LogP contribution in [0, 0.1) is 17.1 Å². The summed E-state index contributed by atoms with van der Waals surface area (Å²) < 4.78 is 64.4. The van der Waals surface area contributed by atoms with Gasteiger partial charge in [-0.25, -0.2) is 14.4 Å². The Morgan fingerprint density at radius 1 is 1.11 bits per heavy atom. The second kappa shape index (κ2) is 9.02. The Balaban J connectivity index is 1.46. The quantitative estimate of drug-likeness (QED) is 0.351. The number of alkyl halides is 3. The van der Waals surface area contributed by atoms with Gasteiger partial charge in [0.15, 0.2) is 11.3 Å². The summed E-state index contributed by atoms with van der Waals surface area (Å²) in [7, 11) is 0. The van der Waals surface area contributed by atoms with Crippen LogP contribution >= 0.6 is 0 Å². The minimum Gasteiger partial charge on any atom is -0.373 e. The molecular weight excluding hydrogens is 504 g/mol. The molecule has 2 aliphatic rings. The monoisotopic (exact) mass is 524 g/mol. The van der Waals surface area contributed by atoms with Gasteiger partial charge in [0.2, 0.25) is 0 Å². The Morgan fingerprint density at radius 2 is 1.92 bits per heavy atom. The molecule has 1 aliphatic heterocycles. The zero-order valence-electron chi connectivity index (χ0n) is 19.8. The molecule has 6 rings (SSSR count). The summed E-state index contributed by atoms with van der Waals surface area (Å²) in [6, 6.07) is 6.19. The molecule has 0 bridgehead atoms. The Hall–Kier alpha value is -4.11. The second-order valence-electron chi connectivity index (χ2n) is 9.56. The maximum absolute atomic E-state index is 15.1. The van der Waals surface area contributed by atoms with Gasteiger partial charge in [-0.1, -0.05) is 0 Å². The van der Waals surface area contributed by atoms with Crippen LogP contribution in [0.1, 0.15) is 66.3 Å². The standard InChI is InChI=1S/C26H20F4N6O2/c27-19-7-14(10-31)1-4-18(19)24-25-34-22(26(28,29)30)9-23(37)35(25)13-20(33-24)15-5-6-38-21(8-15)16-11-32-36(12-16)17-2-3-17/h1,4,7,9,11-13,15,17,21H,2-3,5-6,8H2. The Labute approximate surface area is 213 Å². The number of rotatable bonds is 4. The molecule has 38 heavy (non-hydrogen) atoms. The SMILES string of the molecule is N#Cc1ccc(-c2nc(C3CCOC(c4cnn(C5CC5)c4)C3)cn3c(=O)cc(C(F)(F)F)nc23)c(F)c1. The Morgan fingerprint density at radius 3 is 2.63 bits per heavy atom. The van der Waals surface area contributed by atoms with E-state index in [9.17, 15) is 18.0 Å². The van der Waals surface area contributed by atoms with E-state index >= 15 is 4.39 Å². The number of nitrogens with zero attached hydrogens (tertiary/aromatic N) is 6. The molecule has 0 amide bonds. The first-order chi connectivity index (χ1) is 18.2. The van der Waals surface area contributed by atoms with E-state index in [1.165, 1.54) is 18.3 Å². The number of hydrogen-bond acceptors (Lipinski definition) is 6. The molecule has 194 valence electrons. The average molecular weight is 524 g/mol. The second-order valence-corrected chi connectivity index (χ2v) is 9.56. The van der Waals surface area contributed by atoms with Gasteiger partial charge in [0, 0.05) is 42.1 Å². The molecule has 0 spiro atoms. The highest BCUT2D eigenvalue weighted by molar-refractivity contribution is 5.75. The van der Waals surface area contributed by atoms with Gasteiger partial charge < -0.3 is 4.74 Å². The first-order valence-electron chi connectivity index (χ1n) is 12.1. The van der Waals surface area contributed by atoms with Gasteiger partial charge in [0.1, 0.15) is 11.5 Å². The van der Waals surface area contributed by atoms with Crippen molar-refractivity contribution in [3.63, 3.8) is 0 Å². The van der Waals surface area contributed by atoms with Crippen molar-refractivity contribution in [2.75, 3.05) is 6.61 Å². The van der Waals surface area contributed by atoms with Crippen molar-refractivity contribution in [3.05, 3.63) is 81.5 Å². The molecule has 1 aliphatic carbocycles. The summed E-state index contributed by atoms with van der Waals surface area (Å²) >= 11 is 0. The normalized spacial score (nSPS) is 20.0. The lowest BCUT2D eigenvalue weighted by atomic mass is 9.90. The molecule has 0 N–H and O–H groups in total. The summed E-state index contributed by atoms with van der Waals surface area (Å²) in [4.78, 5) is 21.0. The fraction of sp³-hybridized carbons (Fsp3) is 0.346. The highest BCUT2D eigenvalue weighted by Gasteiger charge is 2.35. The third-order valence-electron chi connectivity index (χ3n) is 6.93. The highest BCUT2D eigenvalue weighted by atomic mass is 19.4. The third kappa shape index (κ3) is 4.43. The van der Waals surface area contributed by atoms with Gasteiger partial charge in [0.05, 0.1) is 35.7 Å². The Kier molecular flexibility index (Phi) is 5.75. The smallest absolute Gasteiger partial charge is 0.373 e. The molecule has 2 atom stereocenters. The number of hydrogen-bond donors (Lipinski definition) is 0. The fourth-order valence-corrected chi connectivity index (χ4v) is 4.78. The van der Waals surface area contributed by atoms with E-state index in [0.717, 1.165) is 28.9 Å². The maximum atomic E-state index is 15.1. The molecule has 12 heteroatoms. The van der Waals surface area contributed by atoms with Crippen LogP contribution in [0.2, 0.25) is 0 Å².